The van der Waals surface area contributed by atoms with Gasteiger partial charge in [0.2, 0.25) is 5.91 Å². The highest BCUT2D eigenvalue weighted by Crippen LogP contribution is 2.27. The number of hydrogen-bond donors (Lipinski definition) is 1. The van der Waals surface area contributed by atoms with Gasteiger partial charge in [-0.2, -0.15) is 0 Å². The van der Waals surface area contributed by atoms with Crippen LogP contribution in [0.15, 0.2) is 48.5 Å². The number of amides is 2. The topological polar surface area (TPSA) is 71.1 Å². The number of nitrogens with zero attached hydrogens (tertiary/aromatic N) is 2. The maximum Gasteiger partial charge on any atom is 0.410 e. The standard InChI is InChI=1S/C25H33N3O4/c1-18-6-10-20(11-7-18)26-23(29)22(19-8-12-21(31-5)13-9-19)27-14-16-28(17-15-27)24(30)32-25(2,3)4/h6-13,22H,14-17H2,1-5H3,(H,26,29). The van der Waals surface area contributed by atoms with Gasteiger partial charge in [0.05, 0.1) is 7.11 Å². The first kappa shape index (κ1) is 23.6. The van der Waals surface area contributed by atoms with E-state index in [9.17, 15) is 9.59 Å². The molecule has 0 aliphatic carbocycles. The number of rotatable bonds is 5. The number of nitrogens with one attached hydrogen (secondary N) is 1. The summed E-state index contributed by atoms with van der Waals surface area (Å²) in [7, 11) is 1.62. The van der Waals surface area contributed by atoms with Crippen LogP contribution in [0.4, 0.5) is 10.5 Å². The third-order valence-corrected chi connectivity index (χ3v) is 5.33. The maximum absolute atomic E-state index is 13.4. The van der Waals surface area contributed by atoms with Crippen LogP contribution in [-0.4, -0.2) is 60.7 Å². The van der Waals surface area contributed by atoms with Crippen molar-refractivity contribution in [1.29, 1.82) is 0 Å². The summed E-state index contributed by atoms with van der Waals surface area (Å²) in [6.07, 6.45) is -0.317. The van der Waals surface area contributed by atoms with E-state index in [-0.39, 0.29) is 12.0 Å². The van der Waals surface area contributed by atoms with Gasteiger partial charge in [0.25, 0.3) is 0 Å². The maximum atomic E-state index is 13.4. The Labute approximate surface area is 190 Å². The molecule has 2 aromatic carbocycles. The van der Waals surface area contributed by atoms with Crippen molar-refractivity contribution < 1.29 is 19.1 Å². The second kappa shape index (κ2) is 10.0. The minimum Gasteiger partial charge on any atom is -0.497 e. The molecule has 0 radical (unpaired) electrons. The van der Waals surface area contributed by atoms with Gasteiger partial charge >= 0.3 is 6.09 Å². The molecule has 1 fully saturated rings. The molecule has 2 amide bonds. The van der Waals surface area contributed by atoms with Crippen LogP contribution in [0.1, 0.15) is 37.9 Å². The molecule has 1 N–H and O–H groups in total. The molecule has 1 unspecified atom stereocenters. The molecule has 1 heterocycles. The van der Waals surface area contributed by atoms with E-state index in [2.05, 4.69) is 10.2 Å². The van der Waals surface area contributed by atoms with E-state index in [1.807, 2.05) is 76.2 Å². The average molecular weight is 440 g/mol. The van der Waals surface area contributed by atoms with E-state index in [1.165, 1.54) is 0 Å². The van der Waals surface area contributed by atoms with Crippen molar-refractivity contribution >= 4 is 17.7 Å². The third kappa shape index (κ3) is 6.23. The predicted octanol–water partition coefficient (Wildman–Crippen LogP) is 4.24. The minimum atomic E-state index is -0.534. The van der Waals surface area contributed by atoms with Crippen molar-refractivity contribution in [1.82, 2.24) is 9.80 Å². The van der Waals surface area contributed by atoms with E-state index in [1.54, 1.807) is 12.0 Å². The largest absolute Gasteiger partial charge is 0.497 e. The molecule has 32 heavy (non-hydrogen) atoms. The van der Waals surface area contributed by atoms with E-state index >= 15 is 0 Å². The number of methoxy groups -OCH3 is 1. The van der Waals surface area contributed by atoms with Crippen LogP contribution in [0, 0.1) is 6.92 Å². The Morgan fingerprint density at radius 1 is 0.938 bits per heavy atom. The van der Waals surface area contributed by atoms with Crippen LogP contribution < -0.4 is 10.1 Å². The van der Waals surface area contributed by atoms with Crippen molar-refractivity contribution in [2.45, 2.75) is 39.3 Å². The molecule has 1 aliphatic rings. The number of carbonyl (C=O) groups excluding carboxylic acids is 2. The first-order valence-electron chi connectivity index (χ1n) is 10.9. The molecule has 172 valence electrons. The van der Waals surface area contributed by atoms with E-state index < -0.39 is 11.6 Å². The quantitative estimate of drug-likeness (QED) is 0.755. The number of piperazine rings is 1. The van der Waals surface area contributed by atoms with Crippen LogP contribution in [0.5, 0.6) is 5.75 Å². The summed E-state index contributed by atoms with van der Waals surface area (Å²) in [4.78, 5) is 29.6. The Balaban J connectivity index is 1.76. The van der Waals surface area contributed by atoms with Crippen LogP contribution in [0.3, 0.4) is 0 Å². The molecule has 7 nitrogen and oxygen atoms in total. The van der Waals surface area contributed by atoms with E-state index in [0.29, 0.717) is 26.2 Å². The smallest absolute Gasteiger partial charge is 0.410 e. The highest BCUT2D eigenvalue weighted by molar-refractivity contribution is 5.95. The third-order valence-electron chi connectivity index (χ3n) is 5.33. The van der Waals surface area contributed by atoms with Gasteiger partial charge in [-0.05, 0) is 57.5 Å². The summed E-state index contributed by atoms with van der Waals surface area (Å²) in [6.45, 7) is 9.71. The zero-order chi connectivity index (χ0) is 23.3. The summed E-state index contributed by atoms with van der Waals surface area (Å²) in [5.74, 6) is 0.630. The second-order valence-corrected chi connectivity index (χ2v) is 9.03. The number of anilines is 1. The lowest BCUT2D eigenvalue weighted by Crippen LogP contribution is -2.52. The van der Waals surface area contributed by atoms with Crippen molar-refractivity contribution in [2.24, 2.45) is 0 Å². The Kier molecular flexibility index (Phi) is 7.40. The summed E-state index contributed by atoms with van der Waals surface area (Å²) >= 11 is 0. The van der Waals surface area contributed by atoms with Gasteiger partial charge < -0.3 is 19.7 Å². The van der Waals surface area contributed by atoms with Gasteiger partial charge in [-0.15, -0.1) is 0 Å². The minimum absolute atomic E-state index is 0.107. The zero-order valence-electron chi connectivity index (χ0n) is 19.6. The van der Waals surface area contributed by atoms with Crippen molar-refractivity contribution in [3.8, 4) is 5.75 Å². The lowest BCUT2D eigenvalue weighted by Gasteiger charge is -2.39. The highest BCUT2D eigenvalue weighted by atomic mass is 16.6. The van der Waals surface area contributed by atoms with Gasteiger partial charge in [0, 0.05) is 31.9 Å². The normalized spacial score (nSPS) is 15.7. The number of ether oxygens (including phenoxy) is 2. The van der Waals surface area contributed by atoms with Crippen LogP contribution >= 0.6 is 0 Å². The number of aryl methyl sites for hydroxylation is 1. The summed E-state index contributed by atoms with van der Waals surface area (Å²) in [5.41, 5.74) is 2.23. The average Bonchev–Trinajstić information content (AvgIpc) is 2.75. The molecule has 0 bridgehead atoms. The number of benzene rings is 2. The fourth-order valence-corrected chi connectivity index (χ4v) is 3.65. The van der Waals surface area contributed by atoms with Crippen LogP contribution in [-0.2, 0) is 9.53 Å². The molecular weight excluding hydrogens is 406 g/mol. The van der Waals surface area contributed by atoms with E-state index in [4.69, 9.17) is 9.47 Å². The summed E-state index contributed by atoms with van der Waals surface area (Å²) in [6, 6.07) is 14.8. The molecule has 0 aromatic heterocycles. The molecule has 3 rings (SSSR count). The van der Waals surface area contributed by atoms with Crippen molar-refractivity contribution in [3.63, 3.8) is 0 Å². The SMILES string of the molecule is COc1ccc(C(C(=O)Nc2ccc(C)cc2)N2CCN(C(=O)OC(C)(C)C)CC2)cc1. The van der Waals surface area contributed by atoms with Crippen LogP contribution in [0.25, 0.3) is 0 Å². The molecular formula is C25H33N3O4. The first-order chi connectivity index (χ1) is 15.2. The van der Waals surface area contributed by atoms with Gasteiger partial charge in [-0.25, -0.2) is 4.79 Å². The molecule has 1 atom stereocenters. The Morgan fingerprint density at radius 3 is 2.06 bits per heavy atom. The molecule has 0 saturated carbocycles. The van der Waals surface area contributed by atoms with Gasteiger partial charge in [0.1, 0.15) is 17.4 Å². The Hall–Kier alpha value is -3.06. The Morgan fingerprint density at radius 2 is 1.53 bits per heavy atom. The van der Waals surface area contributed by atoms with Crippen molar-refractivity contribution in [2.75, 3.05) is 38.6 Å². The van der Waals surface area contributed by atoms with Gasteiger partial charge in [-0.3, -0.25) is 9.69 Å². The van der Waals surface area contributed by atoms with Gasteiger partial charge in [0.15, 0.2) is 0 Å². The number of carbonyl (C=O) groups is 2. The van der Waals surface area contributed by atoms with E-state index in [0.717, 1.165) is 22.6 Å². The van der Waals surface area contributed by atoms with Crippen LogP contribution in [0.2, 0.25) is 0 Å². The van der Waals surface area contributed by atoms with Crippen molar-refractivity contribution in [3.05, 3.63) is 59.7 Å². The summed E-state index contributed by atoms with van der Waals surface area (Å²) in [5, 5.41) is 3.04. The lowest BCUT2D eigenvalue weighted by atomic mass is 10.0. The fourth-order valence-electron chi connectivity index (χ4n) is 3.65. The zero-order valence-corrected chi connectivity index (χ0v) is 19.6. The summed E-state index contributed by atoms with van der Waals surface area (Å²) < 4.78 is 10.8. The Bertz CT molecular complexity index is 912. The predicted molar refractivity (Wildman–Crippen MR) is 125 cm³/mol. The molecule has 1 aliphatic heterocycles. The van der Waals surface area contributed by atoms with Gasteiger partial charge in [-0.1, -0.05) is 29.8 Å². The second-order valence-electron chi connectivity index (χ2n) is 9.03. The molecule has 0 spiro atoms. The first-order valence-corrected chi connectivity index (χ1v) is 10.9. The molecule has 1 saturated heterocycles. The molecule has 7 heteroatoms. The fraction of sp³-hybridized carbons (Fsp3) is 0.440. The monoisotopic (exact) mass is 439 g/mol. The lowest BCUT2D eigenvalue weighted by molar-refractivity contribution is -0.122. The number of hydrogen-bond acceptors (Lipinski definition) is 5. The highest BCUT2D eigenvalue weighted by Gasteiger charge is 2.33. The molecule has 2 aromatic rings.